The Morgan fingerprint density at radius 1 is 0.933 bits per heavy atom. The number of aromatic nitrogens is 2. The Morgan fingerprint density at radius 3 is 2.33 bits per heavy atom. The van der Waals surface area contributed by atoms with E-state index in [1.165, 1.54) is 10.9 Å². The Labute approximate surface area is 174 Å². The van der Waals surface area contributed by atoms with Crippen molar-refractivity contribution in [1.29, 1.82) is 0 Å². The van der Waals surface area contributed by atoms with Crippen LogP contribution in [0.15, 0.2) is 59.7 Å². The Morgan fingerprint density at radius 2 is 1.60 bits per heavy atom. The molecule has 0 N–H and O–H groups in total. The zero-order valence-corrected chi connectivity index (χ0v) is 17.0. The van der Waals surface area contributed by atoms with Crippen molar-refractivity contribution in [3.8, 4) is 0 Å². The average molecular weight is 404 g/mol. The normalized spacial score (nSPS) is 14.2. The van der Waals surface area contributed by atoms with E-state index in [1.807, 2.05) is 37.3 Å². The summed E-state index contributed by atoms with van der Waals surface area (Å²) < 4.78 is 1.48. The van der Waals surface area contributed by atoms with Gasteiger partial charge in [0.05, 0.1) is 17.2 Å². The van der Waals surface area contributed by atoms with Gasteiger partial charge in [0, 0.05) is 44.7 Å². The molecule has 0 spiro atoms. The Hall–Kier alpha value is -3.48. The van der Waals surface area contributed by atoms with Gasteiger partial charge in [-0.3, -0.25) is 19.0 Å². The molecule has 154 valence electrons. The second kappa shape index (κ2) is 8.49. The molecule has 1 aliphatic rings. The molecular formula is C23H24N4O3. The highest BCUT2D eigenvalue weighted by Gasteiger charge is 2.24. The standard InChI is InChI=1S/C23H24N4O3/c1-17-6-8-18(9-7-17)22(29)26-14-12-25(13-15-26)21(28)10-11-27-16-24-20-5-3-2-4-19(20)23(27)30/h2-9,16H,10-15H2,1H3. The van der Waals surface area contributed by atoms with Crippen LogP contribution in [-0.4, -0.2) is 57.3 Å². The van der Waals surface area contributed by atoms with Gasteiger partial charge in [0.25, 0.3) is 11.5 Å². The lowest BCUT2D eigenvalue weighted by Crippen LogP contribution is -2.50. The number of para-hydroxylation sites is 1. The van der Waals surface area contributed by atoms with Crippen LogP contribution in [0.4, 0.5) is 0 Å². The highest BCUT2D eigenvalue weighted by Crippen LogP contribution is 2.11. The minimum atomic E-state index is -0.137. The van der Waals surface area contributed by atoms with Crippen molar-refractivity contribution in [3.05, 3.63) is 76.3 Å². The topological polar surface area (TPSA) is 75.5 Å². The van der Waals surface area contributed by atoms with Gasteiger partial charge >= 0.3 is 0 Å². The molecule has 0 atom stereocenters. The number of piperazine rings is 1. The first-order chi connectivity index (χ1) is 14.5. The summed E-state index contributed by atoms with van der Waals surface area (Å²) in [5.74, 6) is -0.0200. The van der Waals surface area contributed by atoms with Gasteiger partial charge in [0.15, 0.2) is 0 Å². The molecule has 7 nitrogen and oxygen atoms in total. The largest absolute Gasteiger partial charge is 0.339 e. The Balaban J connectivity index is 1.32. The number of benzene rings is 2. The highest BCUT2D eigenvalue weighted by atomic mass is 16.2. The second-order valence-corrected chi connectivity index (χ2v) is 7.55. The smallest absolute Gasteiger partial charge is 0.261 e. The minimum Gasteiger partial charge on any atom is -0.339 e. The van der Waals surface area contributed by atoms with E-state index >= 15 is 0 Å². The summed E-state index contributed by atoms with van der Waals surface area (Å²) in [5.41, 5.74) is 2.30. The van der Waals surface area contributed by atoms with Crippen LogP contribution < -0.4 is 5.56 Å². The van der Waals surface area contributed by atoms with Crippen molar-refractivity contribution in [2.75, 3.05) is 26.2 Å². The third kappa shape index (κ3) is 4.10. The van der Waals surface area contributed by atoms with Crippen molar-refractivity contribution in [2.24, 2.45) is 0 Å². The molecule has 1 aliphatic heterocycles. The van der Waals surface area contributed by atoms with Crippen molar-refractivity contribution in [2.45, 2.75) is 19.9 Å². The van der Waals surface area contributed by atoms with E-state index in [-0.39, 0.29) is 30.3 Å². The monoisotopic (exact) mass is 404 g/mol. The number of amides is 2. The van der Waals surface area contributed by atoms with Crippen molar-refractivity contribution in [3.63, 3.8) is 0 Å². The van der Waals surface area contributed by atoms with Crippen molar-refractivity contribution >= 4 is 22.7 Å². The van der Waals surface area contributed by atoms with Crippen LogP contribution >= 0.6 is 0 Å². The van der Waals surface area contributed by atoms with Gasteiger partial charge in [-0.1, -0.05) is 29.8 Å². The second-order valence-electron chi connectivity index (χ2n) is 7.55. The number of fused-ring (bicyclic) bond motifs is 1. The summed E-state index contributed by atoms with van der Waals surface area (Å²) in [6.07, 6.45) is 1.72. The number of rotatable bonds is 4. The summed E-state index contributed by atoms with van der Waals surface area (Å²) in [6.45, 7) is 4.30. The number of nitrogens with zero attached hydrogens (tertiary/aromatic N) is 4. The fraction of sp³-hybridized carbons (Fsp3) is 0.304. The molecule has 2 heterocycles. The molecule has 0 saturated carbocycles. The van der Waals surface area contributed by atoms with E-state index in [1.54, 1.807) is 28.0 Å². The van der Waals surface area contributed by atoms with E-state index in [0.29, 0.717) is 42.6 Å². The summed E-state index contributed by atoms with van der Waals surface area (Å²) in [7, 11) is 0. The minimum absolute atomic E-state index is 0.00381. The van der Waals surface area contributed by atoms with Crippen LogP contribution in [0, 0.1) is 6.92 Å². The first-order valence-electron chi connectivity index (χ1n) is 10.1. The molecule has 2 aromatic carbocycles. The molecule has 1 saturated heterocycles. The zero-order valence-electron chi connectivity index (χ0n) is 17.0. The summed E-state index contributed by atoms with van der Waals surface area (Å²) in [6, 6.07) is 14.7. The maximum atomic E-state index is 12.6. The molecule has 0 unspecified atom stereocenters. The molecule has 0 aliphatic carbocycles. The van der Waals surface area contributed by atoms with Crippen LogP contribution in [0.25, 0.3) is 10.9 Å². The van der Waals surface area contributed by atoms with E-state index < -0.39 is 0 Å². The molecule has 7 heteroatoms. The third-order valence-corrected chi connectivity index (χ3v) is 5.52. The molecular weight excluding hydrogens is 380 g/mol. The first kappa shape index (κ1) is 19.8. The average Bonchev–Trinajstić information content (AvgIpc) is 2.79. The number of hydrogen-bond acceptors (Lipinski definition) is 4. The Bertz CT molecular complexity index is 1130. The molecule has 2 amide bonds. The van der Waals surface area contributed by atoms with E-state index in [0.717, 1.165) is 5.56 Å². The van der Waals surface area contributed by atoms with Crippen LogP contribution in [0.1, 0.15) is 22.3 Å². The van der Waals surface area contributed by atoms with Crippen LogP contribution in [0.2, 0.25) is 0 Å². The first-order valence-corrected chi connectivity index (χ1v) is 10.1. The van der Waals surface area contributed by atoms with Gasteiger partial charge in [0.2, 0.25) is 5.91 Å². The predicted octanol–water partition coefficient (Wildman–Crippen LogP) is 2.08. The highest BCUT2D eigenvalue weighted by molar-refractivity contribution is 5.94. The molecule has 1 fully saturated rings. The molecule has 0 radical (unpaired) electrons. The molecule has 4 rings (SSSR count). The van der Waals surface area contributed by atoms with Gasteiger partial charge in [-0.2, -0.15) is 0 Å². The van der Waals surface area contributed by atoms with Gasteiger partial charge < -0.3 is 9.80 Å². The SMILES string of the molecule is Cc1ccc(C(=O)N2CCN(C(=O)CCn3cnc4ccccc4c3=O)CC2)cc1. The lowest BCUT2D eigenvalue weighted by molar-refractivity contribution is -0.132. The molecule has 3 aromatic rings. The van der Waals surface area contributed by atoms with E-state index in [9.17, 15) is 14.4 Å². The van der Waals surface area contributed by atoms with Crippen LogP contribution in [-0.2, 0) is 11.3 Å². The summed E-state index contributed by atoms with van der Waals surface area (Å²) in [5, 5.41) is 0.552. The number of carbonyl (C=O) groups excluding carboxylic acids is 2. The van der Waals surface area contributed by atoms with E-state index in [4.69, 9.17) is 0 Å². The Kier molecular flexibility index (Phi) is 5.61. The lowest BCUT2D eigenvalue weighted by atomic mass is 10.1. The van der Waals surface area contributed by atoms with Crippen LogP contribution in [0.3, 0.4) is 0 Å². The molecule has 0 bridgehead atoms. The van der Waals surface area contributed by atoms with E-state index in [2.05, 4.69) is 4.98 Å². The maximum Gasteiger partial charge on any atom is 0.261 e. The number of carbonyl (C=O) groups is 2. The van der Waals surface area contributed by atoms with Gasteiger partial charge in [-0.15, -0.1) is 0 Å². The van der Waals surface area contributed by atoms with Crippen molar-refractivity contribution < 1.29 is 9.59 Å². The van der Waals surface area contributed by atoms with Gasteiger partial charge in [-0.25, -0.2) is 4.98 Å². The summed E-state index contributed by atoms with van der Waals surface area (Å²) >= 11 is 0. The van der Waals surface area contributed by atoms with Crippen molar-refractivity contribution in [1.82, 2.24) is 19.4 Å². The summed E-state index contributed by atoms with van der Waals surface area (Å²) in [4.78, 5) is 45.6. The number of hydrogen-bond donors (Lipinski definition) is 0. The lowest BCUT2D eigenvalue weighted by Gasteiger charge is -2.35. The van der Waals surface area contributed by atoms with Gasteiger partial charge in [-0.05, 0) is 31.2 Å². The fourth-order valence-electron chi connectivity index (χ4n) is 3.68. The zero-order chi connectivity index (χ0) is 21.1. The quantitative estimate of drug-likeness (QED) is 0.667. The predicted molar refractivity (Wildman–Crippen MR) is 114 cm³/mol. The third-order valence-electron chi connectivity index (χ3n) is 5.52. The molecule has 1 aromatic heterocycles. The maximum absolute atomic E-state index is 12.6. The fourth-order valence-corrected chi connectivity index (χ4v) is 3.68. The molecule has 30 heavy (non-hydrogen) atoms. The van der Waals surface area contributed by atoms with Gasteiger partial charge in [0.1, 0.15) is 0 Å². The number of aryl methyl sites for hydroxylation is 2. The van der Waals surface area contributed by atoms with Crippen LogP contribution in [0.5, 0.6) is 0 Å².